The summed E-state index contributed by atoms with van der Waals surface area (Å²) in [6.07, 6.45) is 5.77. The van der Waals surface area contributed by atoms with E-state index in [1.807, 2.05) is 19.9 Å². The van der Waals surface area contributed by atoms with Crippen molar-refractivity contribution in [2.45, 2.75) is 57.7 Å². The molecule has 4 heterocycles. The Bertz CT molecular complexity index is 1180. The molecular formula is C25H25FN4O4. The van der Waals surface area contributed by atoms with Crippen molar-refractivity contribution in [1.29, 1.82) is 0 Å². The van der Waals surface area contributed by atoms with Gasteiger partial charge in [-0.2, -0.15) is 0 Å². The van der Waals surface area contributed by atoms with E-state index in [-0.39, 0.29) is 24.0 Å². The smallest absolute Gasteiger partial charge is 0.415 e. The summed E-state index contributed by atoms with van der Waals surface area (Å²) in [4.78, 5) is 27.4. The largest absolute Gasteiger partial charge is 0.474 e. The summed E-state index contributed by atoms with van der Waals surface area (Å²) in [5, 5.41) is 0. The molecule has 0 aliphatic carbocycles. The Morgan fingerprint density at radius 1 is 1.00 bits per heavy atom. The van der Waals surface area contributed by atoms with Crippen molar-refractivity contribution in [2.75, 3.05) is 0 Å². The molecule has 1 aromatic carbocycles. The van der Waals surface area contributed by atoms with Crippen LogP contribution in [0.1, 0.15) is 36.9 Å². The molecule has 5 rings (SSSR count). The molecule has 2 aromatic heterocycles. The monoisotopic (exact) mass is 464 g/mol. The number of carbonyl (C=O) groups is 1. The molecule has 0 saturated carbocycles. The molecule has 2 aliphatic heterocycles. The van der Waals surface area contributed by atoms with Gasteiger partial charge in [-0.3, -0.25) is 4.98 Å². The minimum Gasteiger partial charge on any atom is -0.474 e. The second-order valence-corrected chi connectivity index (χ2v) is 8.62. The van der Waals surface area contributed by atoms with E-state index in [0.717, 1.165) is 18.5 Å². The predicted octanol–water partition coefficient (Wildman–Crippen LogP) is 4.99. The number of pyridine rings is 1. The normalized spacial score (nSPS) is 21.3. The Kier molecular flexibility index (Phi) is 6.00. The number of piperidine rings is 1. The van der Waals surface area contributed by atoms with Crippen LogP contribution in [0.25, 0.3) is 0 Å². The van der Waals surface area contributed by atoms with Gasteiger partial charge in [-0.05, 0) is 63.1 Å². The lowest BCUT2D eigenvalue weighted by molar-refractivity contribution is 0.0502. The fourth-order valence-corrected chi connectivity index (χ4v) is 4.66. The van der Waals surface area contributed by atoms with Crippen LogP contribution in [-0.4, -0.2) is 44.1 Å². The number of aryl methyl sites for hydroxylation is 1. The van der Waals surface area contributed by atoms with Gasteiger partial charge in [0.1, 0.15) is 24.0 Å². The predicted molar refractivity (Wildman–Crippen MR) is 121 cm³/mol. The lowest BCUT2D eigenvalue weighted by Gasteiger charge is -2.37. The second-order valence-electron chi connectivity index (χ2n) is 8.62. The Hall–Kier alpha value is -3.75. The van der Waals surface area contributed by atoms with Crippen LogP contribution in [0.3, 0.4) is 0 Å². The molecule has 176 valence electrons. The first kappa shape index (κ1) is 22.1. The molecule has 2 saturated heterocycles. The van der Waals surface area contributed by atoms with Crippen LogP contribution >= 0.6 is 0 Å². The molecule has 0 radical (unpaired) electrons. The Labute approximate surface area is 196 Å². The zero-order chi connectivity index (χ0) is 23.7. The third-order valence-electron chi connectivity index (χ3n) is 6.35. The first-order chi connectivity index (χ1) is 16.5. The van der Waals surface area contributed by atoms with Crippen LogP contribution in [0.4, 0.5) is 9.18 Å². The molecule has 2 unspecified atom stereocenters. The number of ether oxygens (including phenoxy) is 3. The van der Waals surface area contributed by atoms with Crippen LogP contribution in [0.2, 0.25) is 0 Å². The zero-order valence-corrected chi connectivity index (χ0v) is 19.0. The zero-order valence-electron chi connectivity index (χ0n) is 19.0. The van der Waals surface area contributed by atoms with Crippen molar-refractivity contribution in [3.63, 3.8) is 0 Å². The van der Waals surface area contributed by atoms with Crippen LogP contribution in [0.5, 0.6) is 23.3 Å². The highest BCUT2D eigenvalue weighted by atomic mass is 19.1. The molecule has 9 heteroatoms. The fraction of sp³-hybridized carbons (Fsp3) is 0.360. The summed E-state index contributed by atoms with van der Waals surface area (Å²) >= 11 is 0. The van der Waals surface area contributed by atoms with Crippen molar-refractivity contribution in [3.8, 4) is 23.3 Å². The van der Waals surface area contributed by atoms with E-state index < -0.39 is 6.09 Å². The van der Waals surface area contributed by atoms with Gasteiger partial charge < -0.3 is 19.1 Å². The number of fused-ring (bicyclic) bond motifs is 2. The maximum atomic E-state index is 13.1. The van der Waals surface area contributed by atoms with E-state index in [1.54, 1.807) is 17.2 Å². The number of amides is 1. The van der Waals surface area contributed by atoms with Crippen LogP contribution in [-0.2, 0) is 0 Å². The number of hydrogen-bond acceptors (Lipinski definition) is 7. The molecule has 0 N–H and O–H groups in total. The van der Waals surface area contributed by atoms with Gasteiger partial charge in [0.25, 0.3) is 0 Å². The molecule has 2 bridgehead atoms. The molecule has 2 fully saturated rings. The summed E-state index contributed by atoms with van der Waals surface area (Å²) in [5.74, 6) is 1.48. The van der Waals surface area contributed by atoms with Gasteiger partial charge in [-0.15, -0.1) is 0 Å². The van der Waals surface area contributed by atoms with Crippen LogP contribution in [0.15, 0.2) is 48.9 Å². The lowest BCUT2D eigenvalue weighted by Crippen LogP contribution is -2.50. The van der Waals surface area contributed by atoms with Gasteiger partial charge >= 0.3 is 6.09 Å². The van der Waals surface area contributed by atoms with E-state index in [4.69, 9.17) is 14.2 Å². The standard InChI is InChI=1S/C25H25FN4O4/c1-15-23(28-14-29-24(15)34-22-4-3-11-27-16(22)2)32-21-12-18-7-8-19(13-21)30(18)25(31)33-20-9-5-17(26)6-10-20/h3-6,9-11,14,18-19,21H,7-8,12-13H2,1-2H3. The Morgan fingerprint density at radius 2 is 1.71 bits per heavy atom. The van der Waals surface area contributed by atoms with Crippen molar-refractivity contribution < 1.29 is 23.4 Å². The topological polar surface area (TPSA) is 86.7 Å². The van der Waals surface area contributed by atoms with Crippen LogP contribution in [0, 0.1) is 19.7 Å². The minimum atomic E-state index is -0.404. The highest BCUT2D eigenvalue weighted by molar-refractivity contribution is 5.72. The molecule has 2 atom stereocenters. The second kappa shape index (κ2) is 9.24. The first-order valence-electron chi connectivity index (χ1n) is 11.3. The van der Waals surface area contributed by atoms with Gasteiger partial charge in [0.15, 0.2) is 5.75 Å². The highest BCUT2D eigenvalue weighted by Crippen LogP contribution is 2.38. The van der Waals surface area contributed by atoms with E-state index in [2.05, 4.69) is 15.0 Å². The van der Waals surface area contributed by atoms with Gasteiger partial charge in [0, 0.05) is 31.1 Å². The van der Waals surface area contributed by atoms with E-state index in [1.165, 1.54) is 30.6 Å². The number of rotatable bonds is 5. The van der Waals surface area contributed by atoms with Gasteiger partial charge in [0.05, 0.1) is 11.3 Å². The summed E-state index contributed by atoms with van der Waals surface area (Å²) in [7, 11) is 0. The third kappa shape index (κ3) is 4.50. The lowest BCUT2D eigenvalue weighted by atomic mass is 10.0. The number of benzene rings is 1. The van der Waals surface area contributed by atoms with E-state index in [0.29, 0.717) is 41.7 Å². The average Bonchev–Trinajstić information content (AvgIpc) is 3.10. The van der Waals surface area contributed by atoms with E-state index in [9.17, 15) is 9.18 Å². The summed E-state index contributed by atoms with van der Waals surface area (Å²) in [6, 6.07) is 9.14. The number of carbonyl (C=O) groups excluding carboxylic acids is 1. The van der Waals surface area contributed by atoms with Crippen molar-refractivity contribution in [1.82, 2.24) is 19.9 Å². The van der Waals surface area contributed by atoms with E-state index >= 15 is 0 Å². The summed E-state index contributed by atoms with van der Waals surface area (Å²) in [6.45, 7) is 3.73. The van der Waals surface area contributed by atoms with Crippen molar-refractivity contribution >= 4 is 6.09 Å². The van der Waals surface area contributed by atoms with Crippen molar-refractivity contribution in [2.24, 2.45) is 0 Å². The number of nitrogens with zero attached hydrogens (tertiary/aromatic N) is 4. The molecule has 34 heavy (non-hydrogen) atoms. The van der Waals surface area contributed by atoms with Crippen molar-refractivity contribution in [3.05, 3.63) is 66.0 Å². The molecule has 0 spiro atoms. The molecular weight excluding hydrogens is 439 g/mol. The quantitative estimate of drug-likeness (QED) is 0.526. The minimum absolute atomic E-state index is 0.0209. The third-order valence-corrected chi connectivity index (χ3v) is 6.35. The molecule has 3 aromatic rings. The maximum absolute atomic E-state index is 13.1. The Balaban J connectivity index is 1.25. The van der Waals surface area contributed by atoms with Crippen LogP contribution < -0.4 is 14.2 Å². The van der Waals surface area contributed by atoms with Gasteiger partial charge in [-0.25, -0.2) is 19.2 Å². The average molecular weight is 464 g/mol. The number of hydrogen-bond donors (Lipinski definition) is 0. The summed E-state index contributed by atoms with van der Waals surface area (Å²) < 4.78 is 30.8. The first-order valence-corrected chi connectivity index (χ1v) is 11.3. The Morgan fingerprint density at radius 3 is 2.41 bits per heavy atom. The number of halogens is 1. The highest BCUT2D eigenvalue weighted by Gasteiger charge is 2.45. The van der Waals surface area contributed by atoms with Gasteiger partial charge in [-0.1, -0.05) is 0 Å². The summed E-state index contributed by atoms with van der Waals surface area (Å²) in [5.41, 5.74) is 1.47. The maximum Gasteiger partial charge on any atom is 0.415 e. The fourth-order valence-electron chi connectivity index (χ4n) is 4.66. The molecule has 1 amide bonds. The SMILES string of the molecule is Cc1ncccc1Oc1ncnc(OC2CC3CCC(C2)N3C(=O)Oc2ccc(F)cc2)c1C. The number of aromatic nitrogens is 3. The molecule has 8 nitrogen and oxygen atoms in total. The molecule has 2 aliphatic rings. The van der Waals surface area contributed by atoms with Gasteiger partial charge in [0.2, 0.25) is 11.8 Å².